The first-order chi connectivity index (χ1) is 15.6. The quantitative estimate of drug-likeness (QED) is 0.504. The van der Waals surface area contributed by atoms with Crippen molar-refractivity contribution in [3.63, 3.8) is 0 Å². The maximum Gasteiger partial charge on any atom is 0.244 e. The van der Waals surface area contributed by atoms with Gasteiger partial charge in [-0.2, -0.15) is 4.31 Å². The lowest BCUT2D eigenvalue weighted by atomic mass is 10.1. The van der Waals surface area contributed by atoms with Gasteiger partial charge in [0.05, 0.1) is 11.4 Å². The number of anilines is 1. The van der Waals surface area contributed by atoms with Crippen molar-refractivity contribution in [1.29, 1.82) is 0 Å². The Hall–Kier alpha value is -2.96. The lowest BCUT2D eigenvalue weighted by molar-refractivity contribution is -0.116. The summed E-state index contributed by atoms with van der Waals surface area (Å²) in [6, 6.07) is 19.1. The summed E-state index contributed by atoms with van der Waals surface area (Å²) in [4.78, 5) is 13.2. The van der Waals surface area contributed by atoms with E-state index in [2.05, 4.69) is 5.32 Å². The normalized spacial score (nSPS) is 11.6. The lowest BCUT2D eigenvalue weighted by Gasteiger charge is -2.24. The third-order valence-electron chi connectivity index (χ3n) is 5.81. The molecule has 0 spiro atoms. The number of carbonyl (C=O) groups excluding carboxylic acids is 1. The Morgan fingerprint density at radius 3 is 2.06 bits per heavy atom. The summed E-state index contributed by atoms with van der Waals surface area (Å²) < 4.78 is 28.8. The molecule has 0 aromatic heterocycles. The lowest BCUT2D eigenvalue weighted by Crippen LogP contribution is -2.39. The van der Waals surface area contributed by atoms with Gasteiger partial charge in [-0.15, -0.1) is 0 Å². The van der Waals surface area contributed by atoms with E-state index in [0.717, 1.165) is 22.3 Å². The fraction of sp³-hybridized carbons (Fsp3) is 0.296. The number of hydrogen-bond acceptors (Lipinski definition) is 3. The van der Waals surface area contributed by atoms with Gasteiger partial charge in [0.15, 0.2) is 0 Å². The summed E-state index contributed by atoms with van der Waals surface area (Å²) >= 11 is 0. The predicted molar refractivity (Wildman–Crippen MR) is 134 cm³/mol. The molecule has 3 rings (SSSR count). The van der Waals surface area contributed by atoms with Gasteiger partial charge in [0, 0.05) is 12.2 Å². The molecule has 1 amide bonds. The average molecular weight is 465 g/mol. The molecule has 0 saturated carbocycles. The van der Waals surface area contributed by atoms with Crippen molar-refractivity contribution in [2.45, 2.75) is 45.9 Å². The second-order valence-corrected chi connectivity index (χ2v) is 10.5. The van der Waals surface area contributed by atoms with Crippen molar-refractivity contribution >= 4 is 21.6 Å². The second kappa shape index (κ2) is 10.3. The number of benzene rings is 3. The molecule has 3 aromatic carbocycles. The molecule has 0 saturated heterocycles. The summed E-state index contributed by atoms with van der Waals surface area (Å²) in [7, 11) is -3.88. The molecular weight excluding hydrogens is 432 g/mol. The van der Waals surface area contributed by atoms with Gasteiger partial charge in [-0.3, -0.25) is 4.79 Å². The highest BCUT2D eigenvalue weighted by Gasteiger charge is 2.29. The van der Waals surface area contributed by atoms with Crippen LogP contribution in [-0.2, 0) is 21.2 Å². The van der Waals surface area contributed by atoms with E-state index < -0.39 is 10.0 Å². The number of aryl methyl sites for hydroxylation is 5. The zero-order chi connectivity index (χ0) is 24.2. The van der Waals surface area contributed by atoms with Crippen molar-refractivity contribution < 1.29 is 13.2 Å². The van der Waals surface area contributed by atoms with E-state index in [1.165, 1.54) is 4.31 Å². The van der Waals surface area contributed by atoms with Crippen LogP contribution in [0.5, 0.6) is 0 Å². The minimum absolute atomic E-state index is 0.208. The molecule has 0 unspecified atom stereocenters. The highest BCUT2D eigenvalue weighted by molar-refractivity contribution is 7.89. The maximum atomic E-state index is 13.7. The van der Waals surface area contributed by atoms with Crippen LogP contribution >= 0.6 is 0 Å². The van der Waals surface area contributed by atoms with Crippen LogP contribution in [0.2, 0.25) is 0 Å². The highest BCUT2D eigenvalue weighted by Crippen LogP contribution is 2.26. The maximum absolute atomic E-state index is 13.7. The molecule has 0 heterocycles. The molecule has 5 nitrogen and oxygen atoms in total. The number of nitrogens with zero attached hydrogens (tertiary/aromatic N) is 1. The standard InChI is InChI=1S/C27H32N2O3S/c1-19-15-22(4)27(23(5)16-19)33(31,32)29(14-13-24-9-7-6-8-10-24)18-26(30)28-25-12-11-20(2)21(3)17-25/h6-12,15-17H,13-14,18H2,1-5H3,(H,28,30). The molecular formula is C27H32N2O3S. The Morgan fingerprint density at radius 1 is 0.818 bits per heavy atom. The topological polar surface area (TPSA) is 66.5 Å². The number of rotatable bonds is 8. The number of nitrogens with one attached hydrogen (secondary N) is 1. The van der Waals surface area contributed by atoms with Crippen LogP contribution in [0.4, 0.5) is 5.69 Å². The van der Waals surface area contributed by atoms with E-state index in [1.807, 2.05) is 81.4 Å². The number of hydrogen-bond donors (Lipinski definition) is 1. The van der Waals surface area contributed by atoms with Gasteiger partial charge in [0.1, 0.15) is 0 Å². The van der Waals surface area contributed by atoms with E-state index in [1.54, 1.807) is 13.8 Å². The van der Waals surface area contributed by atoms with Crippen molar-refractivity contribution in [2.24, 2.45) is 0 Å². The van der Waals surface area contributed by atoms with E-state index in [-0.39, 0.29) is 23.9 Å². The third kappa shape index (κ3) is 6.09. The van der Waals surface area contributed by atoms with E-state index in [9.17, 15) is 13.2 Å². The van der Waals surface area contributed by atoms with Gasteiger partial charge in [-0.05, 0) is 81.0 Å². The minimum Gasteiger partial charge on any atom is -0.325 e. The number of sulfonamides is 1. The first-order valence-electron chi connectivity index (χ1n) is 11.1. The van der Waals surface area contributed by atoms with Gasteiger partial charge < -0.3 is 5.32 Å². The van der Waals surface area contributed by atoms with Crippen LogP contribution in [0.3, 0.4) is 0 Å². The zero-order valence-electron chi connectivity index (χ0n) is 20.0. The first-order valence-corrected chi connectivity index (χ1v) is 12.5. The van der Waals surface area contributed by atoms with Crippen LogP contribution < -0.4 is 5.32 Å². The fourth-order valence-corrected chi connectivity index (χ4v) is 5.87. The Labute approximate surface area is 197 Å². The van der Waals surface area contributed by atoms with Crippen LogP contribution in [-0.4, -0.2) is 31.7 Å². The van der Waals surface area contributed by atoms with Crippen molar-refractivity contribution in [1.82, 2.24) is 4.31 Å². The summed E-state index contributed by atoms with van der Waals surface area (Å²) in [6.07, 6.45) is 0.515. The number of amides is 1. The van der Waals surface area contributed by atoms with Gasteiger partial charge in [0.2, 0.25) is 15.9 Å². The first kappa shape index (κ1) is 24.7. The third-order valence-corrected chi connectivity index (χ3v) is 7.96. The average Bonchev–Trinajstić information content (AvgIpc) is 2.73. The molecule has 33 heavy (non-hydrogen) atoms. The molecule has 0 radical (unpaired) electrons. The number of carbonyl (C=O) groups is 1. The van der Waals surface area contributed by atoms with Crippen molar-refractivity contribution in [3.8, 4) is 0 Å². The Kier molecular flexibility index (Phi) is 7.72. The highest BCUT2D eigenvalue weighted by atomic mass is 32.2. The predicted octanol–water partition coefficient (Wildman–Crippen LogP) is 5.10. The summed E-state index contributed by atoms with van der Waals surface area (Å²) in [5, 5.41) is 2.86. The SMILES string of the molecule is Cc1cc(C)c(S(=O)(=O)N(CCc2ccccc2)CC(=O)Nc2ccc(C)c(C)c2)c(C)c1. The van der Waals surface area contributed by atoms with Crippen LogP contribution in [0.25, 0.3) is 0 Å². The molecule has 174 valence electrons. The van der Waals surface area contributed by atoms with E-state index in [4.69, 9.17) is 0 Å². The molecule has 0 aliphatic rings. The fourth-order valence-electron chi connectivity index (χ4n) is 4.07. The summed E-state index contributed by atoms with van der Waals surface area (Å²) in [5.74, 6) is -0.364. The molecule has 0 aliphatic carbocycles. The molecule has 0 fully saturated rings. The second-order valence-electron chi connectivity index (χ2n) is 8.65. The van der Waals surface area contributed by atoms with Gasteiger partial charge in [-0.1, -0.05) is 54.1 Å². The summed E-state index contributed by atoms with van der Waals surface area (Å²) in [6.45, 7) is 9.49. The molecule has 3 aromatic rings. The van der Waals surface area contributed by atoms with Crippen molar-refractivity contribution in [3.05, 3.63) is 94.0 Å². The minimum atomic E-state index is -3.88. The Morgan fingerprint density at radius 2 is 1.45 bits per heavy atom. The van der Waals surface area contributed by atoms with E-state index in [0.29, 0.717) is 23.2 Å². The van der Waals surface area contributed by atoms with Gasteiger partial charge in [0.25, 0.3) is 0 Å². The largest absolute Gasteiger partial charge is 0.325 e. The van der Waals surface area contributed by atoms with Crippen LogP contribution in [0, 0.1) is 34.6 Å². The summed E-state index contributed by atoms with van der Waals surface area (Å²) in [5.41, 5.74) is 6.25. The van der Waals surface area contributed by atoms with Crippen LogP contribution in [0.15, 0.2) is 65.6 Å². The molecule has 0 bridgehead atoms. The van der Waals surface area contributed by atoms with Crippen LogP contribution in [0.1, 0.15) is 33.4 Å². The zero-order valence-corrected chi connectivity index (χ0v) is 20.8. The van der Waals surface area contributed by atoms with Gasteiger partial charge in [-0.25, -0.2) is 8.42 Å². The van der Waals surface area contributed by atoms with Crippen molar-refractivity contribution in [2.75, 3.05) is 18.4 Å². The Bertz CT molecular complexity index is 1230. The van der Waals surface area contributed by atoms with E-state index >= 15 is 0 Å². The monoisotopic (exact) mass is 464 g/mol. The Balaban J connectivity index is 1.90. The molecule has 6 heteroatoms. The molecule has 1 N–H and O–H groups in total. The van der Waals surface area contributed by atoms with Gasteiger partial charge >= 0.3 is 0 Å². The molecule has 0 aliphatic heterocycles. The smallest absolute Gasteiger partial charge is 0.244 e. The molecule has 0 atom stereocenters.